The minimum absolute atomic E-state index is 0.0987. The van der Waals surface area contributed by atoms with Crippen molar-refractivity contribution >= 4 is 5.78 Å². The topological polar surface area (TPSA) is 52.3 Å². The first kappa shape index (κ1) is 14.3. The minimum Gasteiger partial charge on any atom is -0.497 e. The Morgan fingerprint density at radius 1 is 1.10 bits per heavy atom. The first-order valence-electron chi connectivity index (χ1n) is 6.68. The number of ketones is 1. The molecule has 0 saturated heterocycles. The van der Waals surface area contributed by atoms with Crippen LogP contribution in [0.25, 0.3) is 0 Å². The van der Waals surface area contributed by atoms with E-state index in [9.17, 15) is 4.79 Å². The molecule has 2 rings (SSSR count). The second kappa shape index (κ2) is 6.87. The van der Waals surface area contributed by atoms with Gasteiger partial charge < -0.3 is 10.5 Å². The molecule has 0 bridgehead atoms. The summed E-state index contributed by atoms with van der Waals surface area (Å²) < 4.78 is 5.07. The molecule has 2 aromatic rings. The maximum absolute atomic E-state index is 12.1. The van der Waals surface area contributed by atoms with Crippen LogP contribution < -0.4 is 10.5 Å². The second-order valence-electron chi connectivity index (χ2n) is 4.71. The molecule has 0 amide bonds. The molecule has 2 aromatic carbocycles. The summed E-state index contributed by atoms with van der Waals surface area (Å²) in [6.45, 7) is 0. The van der Waals surface area contributed by atoms with Gasteiger partial charge in [0.25, 0.3) is 0 Å². The fraction of sp³-hybridized carbons (Fsp3) is 0.235. The number of Topliss-reactive ketones (excluding diaryl/α,β-unsaturated/α-hetero) is 1. The number of hydrogen-bond donors (Lipinski definition) is 1. The highest BCUT2D eigenvalue weighted by molar-refractivity contribution is 5.96. The van der Waals surface area contributed by atoms with Gasteiger partial charge in [0.1, 0.15) is 5.75 Å². The number of rotatable bonds is 6. The van der Waals surface area contributed by atoms with Gasteiger partial charge in [-0.05, 0) is 36.2 Å². The van der Waals surface area contributed by atoms with E-state index in [0.29, 0.717) is 18.4 Å². The number of methoxy groups -OCH3 is 1. The molecule has 0 saturated carbocycles. The lowest BCUT2D eigenvalue weighted by Gasteiger charge is -2.11. The van der Waals surface area contributed by atoms with Crippen LogP contribution in [0.4, 0.5) is 0 Å². The molecule has 0 fully saturated rings. The van der Waals surface area contributed by atoms with Gasteiger partial charge in [0.15, 0.2) is 5.78 Å². The van der Waals surface area contributed by atoms with E-state index in [4.69, 9.17) is 10.5 Å². The van der Waals surface area contributed by atoms with Crippen LogP contribution in [0.15, 0.2) is 54.6 Å². The zero-order chi connectivity index (χ0) is 14.4. The number of carbonyl (C=O) groups excluding carboxylic acids is 1. The van der Waals surface area contributed by atoms with Crippen molar-refractivity contribution in [2.45, 2.75) is 18.9 Å². The molecule has 3 nitrogen and oxygen atoms in total. The number of ether oxygens (including phenoxy) is 1. The van der Waals surface area contributed by atoms with Crippen molar-refractivity contribution in [2.75, 3.05) is 7.11 Å². The van der Waals surface area contributed by atoms with E-state index in [0.717, 1.165) is 11.3 Å². The summed E-state index contributed by atoms with van der Waals surface area (Å²) in [7, 11) is 1.61. The Hall–Kier alpha value is -2.13. The molecule has 1 atom stereocenters. The Morgan fingerprint density at radius 2 is 1.75 bits per heavy atom. The Bertz CT molecular complexity index is 549. The minimum atomic E-state index is -0.0987. The largest absolute Gasteiger partial charge is 0.497 e. The summed E-state index contributed by atoms with van der Waals surface area (Å²) in [5, 5.41) is 0. The smallest absolute Gasteiger partial charge is 0.162 e. The highest BCUT2D eigenvalue weighted by Crippen LogP contribution is 2.18. The van der Waals surface area contributed by atoms with E-state index in [2.05, 4.69) is 0 Å². The van der Waals surface area contributed by atoms with E-state index in [-0.39, 0.29) is 11.8 Å². The fourth-order valence-electron chi connectivity index (χ4n) is 2.07. The summed E-state index contributed by atoms with van der Waals surface area (Å²) in [4.78, 5) is 12.1. The third-order valence-electron chi connectivity index (χ3n) is 3.32. The number of hydrogen-bond acceptors (Lipinski definition) is 3. The summed E-state index contributed by atoms with van der Waals surface area (Å²) in [5.74, 6) is 0.863. The zero-order valence-corrected chi connectivity index (χ0v) is 11.6. The van der Waals surface area contributed by atoms with Crippen LogP contribution in [-0.2, 0) is 0 Å². The predicted octanol–water partition coefficient (Wildman–Crippen LogP) is 3.36. The van der Waals surface area contributed by atoms with Crippen LogP contribution in [0.1, 0.15) is 34.8 Å². The predicted molar refractivity (Wildman–Crippen MR) is 79.9 cm³/mol. The van der Waals surface area contributed by atoms with Gasteiger partial charge in [-0.25, -0.2) is 0 Å². The first-order chi connectivity index (χ1) is 9.70. The molecule has 0 aliphatic heterocycles. The SMILES string of the molecule is COc1ccc(C(=O)CCC(N)c2ccccc2)cc1. The summed E-state index contributed by atoms with van der Waals surface area (Å²) in [5.41, 5.74) is 7.86. The van der Waals surface area contributed by atoms with Crippen LogP contribution in [0.5, 0.6) is 5.75 Å². The third-order valence-corrected chi connectivity index (χ3v) is 3.32. The van der Waals surface area contributed by atoms with E-state index in [1.165, 1.54) is 0 Å². The highest BCUT2D eigenvalue weighted by Gasteiger charge is 2.10. The molecule has 0 aliphatic carbocycles. The maximum Gasteiger partial charge on any atom is 0.162 e. The summed E-state index contributed by atoms with van der Waals surface area (Å²) in [6, 6.07) is 16.9. The molecule has 104 valence electrons. The Balaban J connectivity index is 1.91. The Kier molecular flexibility index (Phi) is 4.91. The molecule has 0 aromatic heterocycles. The molecular formula is C17H19NO2. The van der Waals surface area contributed by atoms with Crippen LogP contribution in [0.2, 0.25) is 0 Å². The van der Waals surface area contributed by atoms with Crippen molar-refractivity contribution in [1.82, 2.24) is 0 Å². The van der Waals surface area contributed by atoms with Gasteiger partial charge in [-0.3, -0.25) is 4.79 Å². The molecule has 20 heavy (non-hydrogen) atoms. The molecule has 0 aliphatic rings. The van der Waals surface area contributed by atoms with E-state index in [1.54, 1.807) is 31.4 Å². The monoisotopic (exact) mass is 269 g/mol. The number of benzene rings is 2. The lowest BCUT2D eigenvalue weighted by Crippen LogP contribution is -2.12. The molecular weight excluding hydrogens is 250 g/mol. The van der Waals surface area contributed by atoms with E-state index < -0.39 is 0 Å². The van der Waals surface area contributed by atoms with Gasteiger partial charge in [0, 0.05) is 18.0 Å². The maximum atomic E-state index is 12.1. The van der Waals surface area contributed by atoms with Gasteiger partial charge in [0.2, 0.25) is 0 Å². The standard InChI is InChI=1S/C17H19NO2/c1-20-15-9-7-14(8-10-15)17(19)12-11-16(18)13-5-3-2-4-6-13/h2-10,16H,11-12,18H2,1H3. The zero-order valence-electron chi connectivity index (χ0n) is 11.6. The second-order valence-corrected chi connectivity index (χ2v) is 4.71. The first-order valence-corrected chi connectivity index (χ1v) is 6.68. The molecule has 2 N–H and O–H groups in total. The van der Waals surface area contributed by atoms with E-state index >= 15 is 0 Å². The molecule has 0 heterocycles. The van der Waals surface area contributed by atoms with Crippen molar-refractivity contribution in [3.8, 4) is 5.75 Å². The van der Waals surface area contributed by atoms with Crippen molar-refractivity contribution in [1.29, 1.82) is 0 Å². The number of carbonyl (C=O) groups is 1. The number of nitrogens with two attached hydrogens (primary N) is 1. The van der Waals surface area contributed by atoms with Gasteiger partial charge in [-0.1, -0.05) is 30.3 Å². The lowest BCUT2D eigenvalue weighted by atomic mass is 9.99. The van der Waals surface area contributed by atoms with Gasteiger partial charge in [-0.15, -0.1) is 0 Å². The van der Waals surface area contributed by atoms with Crippen LogP contribution in [0, 0.1) is 0 Å². The quantitative estimate of drug-likeness (QED) is 0.818. The Labute approximate surface area is 119 Å². The van der Waals surface area contributed by atoms with E-state index in [1.807, 2.05) is 30.3 Å². The fourth-order valence-corrected chi connectivity index (χ4v) is 2.07. The van der Waals surface area contributed by atoms with Crippen molar-refractivity contribution in [3.63, 3.8) is 0 Å². The van der Waals surface area contributed by atoms with Crippen molar-refractivity contribution in [2.24, 2.45) is 5.73 Å². The van der Waals surface area contributed by atoms with Crippen LogP contribution in [-0.4, -0.2) is 12.9 Å². The van der Waals surface area contributed by atoms with Gasteiger partial charge in [-0.2, -0.15) is 0 Å². The van der Waals surface area contributed by atoms with Crippen molar-refractivity contribution < 1.29 is 9.53 Å². The van der Waals surface area contributed by atoms with Gasteiger partial charge >= 0.3 is 0 Å². The average Bonchev–Trinajstić information content (AvgIpc) is 2.53. The van der Waals surface area contributed by atoms with Crippen LogP contribution >= 0.6 is 0 Å². The molecule has 0 radical (unpaired) electrons. The third kappa shape index (κ3) is 3.68. The normalized spacial score (nSPS) is 11.9. The summed E-state index contributed by atoms with van der Waals surface area (Å²) in [6.07, 6.45) is 1.09. The van der Waals surface area contributed by atoms with Crippen molar-refractivity contribution in [3.05, 3.63) is 65.7 Å². The highest BCUT2D eigenvalue weighted by atomic mass is 16.5. The molecule has 3 heteroatoms. The van der Waals surface area contributed by atoms with Crippen LogP contribution in [0.3, 0.4) is 0 Å². The summed E-state index contributed by atoms with van der Waals surface area (Å²) >= 11 is 0. The molecule has 0 spiro atoms. The lowest BCUT2D eigenvalue weighted by molar-refractivity contribution is 0.0977. The molecule has 1 unspecified atom stereocenters. The Morgan fingerprint density at radius 3 is 2.35 bits per heavy atom. The van der Waals surface area contributed by atoms with Gasteiger partial charge in [0.05, 0.1) is 7.11 Å². The average molecular weight is 269 g/mol.